The van der Waals surface area contributed by atoms with Crippen LogP contribution in [0.5, 0.6) is 0 Å². The zero-order chi connectivity index (χ0) is 10.1. The van der Waals surface area contributed by atoms with E-state index in [1.807, 2.05) is 0 Å². The van der Waals surface area contributed by atoms with Crippen molar-refractivity contribution in [1.29, 1.82) is 0 Å². The van der Waals surface area contributed by atoms with Gasteiger partial charge in [-0.1, -0.05) is 10.3 Å². The summed E-state index contributed by atoms with van der Waals surface area (Å²) >= 11 is 0. The average Bonchev–Trinajstić information content (AvgIpc) is 2.70. The van der Waals surface area contributed by atoms with Crippen molar-refractivity contribution in [3.8, 4) is 11.5 Å². The Hall–Kier alpha value is -2.38. The molecule has 14 heavy (non-hydrogen) atoms. The molecular weight excluding hydrogens is 190 g/mol. The monoisotopic (exact) mass is 195 g/mol. The Morgan fingerprint density at radius 3 is 2.86 bits per heavy atom. The van der Waals surface area contributed by atoms with Gasteiger partial charge in [0.2, 0.25) is 0 Å². The molecular formula is C6H5N5O3. The fourth-order valence-electron chi connectivity index (χ4n) is 0.941. The third-order valence-corrected chi connectivity index (χ3v) is 1.54. The SMILES string of the molecule is Nc1cc(-c2cc([N+](=O)[O-])[nH]n2)on1. The van der Waals surface area contributed by atoms with Crippen LogP contribution in [0.1, 0.15) is 0 Å². The first-order chi connectivity index (χ1) is 6.66. The number of nitrogens with two attached hydrogens (primary N) is 1. The number of nitro groups is 1. The van der Waals surface area contributed by atoms with E-state index in [-0.39, 0.29) is 17.4 Å². The van der Waals surface area contributed by atoms with Crippen LogP contribution in [0.4, 0.5) is 11.6 Å². The van der Waals surface area contributed by atoms with Gasteiger partial charge < -0.3 is 20.4 Å². The fourth-order valence-corrected chi connectivity index (χ4v) is 0.941. The molecule has 72 valence electrons. The molecule has 8 heteroatoms. The molecule has 0 unspecified atom stereocenters. The molecule has 2 aromatic heterocycles. The number of hydrogen-bond acceptors (Lipinski definition) is 6. The molecule has 3 N–H and O–H groups in total. The minimum Gasteiger partial charge on any atom is -0.381 e. The predicted molar refractivity (Wildman–Crippen MR) is 45.2 cm³/mol. The molecule has 0 saturated heterocycles. The van der Waals surface area contributed by atoms with E-state index in [1.54, 1.807) is 0 Å². The van der Waals surface area contributed by atoms with Gasteiger partial charge in [0.05, 0.1) is 6.07 Å². The van der Waals surface area contributed by atoms with Crippen molar-refractivity contribution in [2.45, 2.75) is 0 Å². The molecule has 2 rings (SSSR count). The van der Waals surface area contributed by atoms with E-state index in [2.05, 4.69) is 15.4 Å². The standard InChI is InChI=1S/C6H5N5O3/c7-5-2-4(14-10-5)3-1-6(9-8-3)11(12)13/h1-2H,(H2,7,10)(H,8,9). The minimum atomic E-state index is -0.587. The Kier molecular flexibility index (Phi) is 1.67. The predicted octanol–water partition coefficient (Wildman–Crippen LogP) is 0.555. The number of aromatic nitrogens is 3. The van der Waals surface area contributed by atoms with Crippen LogP contribution in [0.3, 0.4) is 0 Å². The summed E-state index contributed by atoms with van der Waals surface area (Å²) in [7, 11) is 0. The molecule has 0 aliphatic heterocycles. The maximum atomic E-state index is 10.3. The number of rotatable bonds is 2. The number of aromatic amines is 1. The topological polar surface area (TPSA) is 124 Å². The van der Waals surface area contributed by atoms with Gasteiger partial charge in [0.25, 0.3) is 0 Å². The van der Waals surface area contributed by atoms with E-state index in [9.17, 15) is 10.1 Å². The zero-order valence-corrected chi connectivity index (χ0v) is 6.80. The molecule has 0 amide bonds. The number of hydrogen-bond donors (Lipinski definition) is 2. The van der Waals surface area contributed by atoms with Crippen LogP contribution in [0, 0.1) is 10.1 Å². The summed E-state index contributed by atoms with van der Waals surface area (Å²) in [6.07, 6.45) is 0. The molecule has 0 atom stereocenters. The Labute approximate surface area is 76.8 Å². The first kappa shape index (κ1) is 8.23. The summed E-state index contributed by atoms with van der Waals surface area (Å²) in [4.78, 5) is 9.73. The van der Waals surface area contributed by atoms with Crippen molar-refractivity contribution >= 4 is 11.6 Å². The van der Waals surface area contributed by atoms with E-state index in [0.717, 1.165) is 0 Å². The molecule has 0 radical (unpaired) electrons. The second-order valence-electron chi connectivity index (χ2n) is 2.51. The number of H-pyrrole nitrogens is 1. The van der Waals surface area contributed by atoms with Crippen molar-refractivity contribution in [3.05, 3.63) is 22.2 Å². The second kappa shape index (κ2) is 2.83. The summed E-state index contributed by atoms with van der Waals surface area (Å²) in [6, 6.07) is 2.67. The van der Waals surface area contributed by atoms with Crippen molar-refractivity contribution < 1.29 is 9.45 Å². The van der Waals surface area contributed by atoms with Gasteiger partial charge in [-0.3, -0.25) is 0 Å². The molecule has 0 bridgehead atoms. The summed E-state index contributed by atoms with van der Waals surface area (Å²) in [6.45, 7) is 0. The van der Waals surface area contributed by atoms with Crippen LogP contribution < -0.4 is 5.73 Å². The van der Waals surface area contributed by atoms with Gasteiger partial charge >= 0.3 is 5.82 Å². The molecule has 2 heterocycles. The Balaban J connectivity index is 2.38. The smallest absolute Gasteiger partial charge is 0.343 e. The average molecular weight is 195 g/mol. The molecule has 8 nitrogen and oxygen atoms in total. The second-order valence-corrected chi connectivity index (χ2v) is 2.51. The van der Waals surface area contributed by atoms with Crippen molar-refractivity contribution in [2.24, 2.45) is 0 Å². The van der Waals surface area contributed by atoms with Crippen LogP contribution in [0.25, 0.3) is 11.5 Å². The molecule has 2 aromatic rings. The number of nitrogens with zero attached hydrogens (tertiary/aromatic N) is 3. The van der Waals surface area contributed by atoms with Crippen molar-refractivity contribution in [1.82, 2.24) is 15.4 Å². The minimum absolute atomic E-state index is 0.200. The highest BCUT2D eigenvalue weighted by molar-refractivity contribution is 5.57. The maximum Gasteiger partial charge on any atom is 0.343 e. The lowest BCUT2D eigenvalue weighted by molar-refractivity contribution is -0.389. The molecule has 0 aromatic carbocycles. The highest BCUT2D eigenvalue weighted by Crippen LogP contribution is 2.21. The maximum absolute atomic E-state index is 10.3. The Morgan fingerprint density at radius 2 is 2.36 bits per heavy atom. The summed E-state index contributed by atoms with van der Waals surface area (Å²) in [5.41, 5.74) is 5.60. The third-order valence-electron chi connectivity index (χ3n) is 1.54. The number of nitrogen functional groups attached to an aromatic ring is 1. The van der Waals surface area contributed by atoms with Gasteiger partial charge in [0.15, 0.2) is 17.3 Å². The summed E-state index contributed by atoms with van der Waals surface area (Å²) in [5, 5.41) is 19.6. The van der Waals surface area contributed by atoms with Crippen LogP contribution in [-0.4, -0.2) is 20.3 Å². The summed E-state index contributed by atoms with van der Waals surface area (Å²) in [5.74, 6) is 0.271. The highest BCUT2D eigenvalue weighted by Gasteiger charge is 2.14. The van der Waals surface area contributed by atoms with Gasteiger partial charge in [-0.2, -0.15) is 0 Å². The third kappa shape index (κ3) is 1.28. The number of nitrogens with one attached hydrogen (secondary N) is 1. The zero-order valence-electron chi connectivity index (χ0n) is 6.80. The van der Waals surface area contributed by atoms with Crippen LogP contribution in [0.2, 0.25) is 0 Å². The Morgan fingerprint density at radius 1 is 1.57 bits per heavy atom. The van der Waals surface area contributed by atoms with Crippen LogP contribution >= 0.6 is 0 Å². The molecule has 0 saturated carbocycles. The first-order valence-electron chi connectivity index (χ1n) is 3.59. The molecule has 0 aliphatic rings. The van der Waals surface area contributed by atoms with E-state index >= 15 is 0 Å². The molecule has 0 spiro atoms. The number of anilines is 1. The normalized spacial score (nSPS) is 10.3. The summed E-state index contributed by atoms with van der Waals surface area (Å²) < 4.78 is 4.76. The van der Waals surface area contributed by atoms with E-state index < -0.39 is 4.92 Å². The van der Waals surface area contributed by atoms with Crippen LogP contribution in [-0.2, 0) is 0 Å². The highest BCUT2D eigenvalue weighted by atomic mass is 16.6. The van der Waals surface area contributed by atoms with Gasteiger partial charge in [-0.25, -0.2) is 0 Å². The van der Waals surface area contributed by atoms with Gasteiger partial charge in [-0.15, -0.1) is 5.10 Å². The lowest BCUT2D eigenvalue weighted by atomic mass is 10.3. The quantitative estimate of drug-likeness (QED) is 0.532. The van der Waals surface area contributed by atoms with E-state index in [0.29, 0.717) is 5.69 Å². The van der Waals surface area contributed by atoms with Crippen LogP contribution in [0.15, 0.2) is 16.7 Å². The fraction of sp³-hybridized carbons (Fsp3) is 0. The van der Waals surface area contributed by atoms with E-state index in [4.69, 9.17) is 10.3 Å². The molecule has 0 aliphatic carbocycles. The van der Waals surface area contributed by atoms with Gasteiger partial charge in [0, 0.05) is 6.07 Å². The molecule has 0 fully saturated rings. The van der Waals surface area contributed by atoms with Crippen molar-refractivity contribution in [2.75, 3.05) is 5.73 Å². The lowest BCUT2D eigenvalue weighted by Crippen LogP contribution is -1.86. The Bertz CT molecular complexity index is 473. The first-order valence-corrected chi connectivity index (χ1v) is 3.59. The van der Waals surface area contributed by atoms with E-state index in [1.165, 1.54) is 12.1 Å². The van der Waals surface area contributed by atoms with Crippen molar-refractivity contribution in [3.63, 3.8) is 0 Å². The lowest BCUT2D eigenvalue weighted by Gasteiger charge is -1.83. The van der Waals surface area contributed by atoms with Gasteiger partial charge in [0.1, 0.15) is 0 Å². The largest absolute Gasteiger partial charge is 0.381 e. The van der Waals surface area contributed by atoms with Gasteiger partial charge in [-0.05, 0) is 4.92 Å².